The van der Waals surface area contributed by atoms with Crippen molar-refractivity contribution in [3.63, 3.8) is 0 Å². The number of rotatable bonds is 4. The average molecular weight is 312 g/mol. The Labute approximate surface area is 123 Å². The number of nitrogens with zero attached hydrogens (tertiary/aromatic N) is 1. The molecule has 0 fully saturated rings. The zero-order valence-corrected chi connectivity index (χ0v) is 12.4. The summed E-state index contributed by atoms with van der Waals surface area (Å²) in [7, 11) is -2.26. The van der Waals surface area contributed by atoms with Crippen LogP contribution in [0.25, 0.3) is 0 Å². The minimum atomic E-state index is -3.73. The molecule has 4 nitrogen and oxygen atoms in total. The van der Waals surface area contributed by atoms with E-state index in [1.807, 2.05) is 0 Å². The smallest absolute Gasteiger partial charge is 0.246 e. The van der Waals surface area contributed by atoms with Gasteiger partial charge in [0.25, 0.3) is 0 Å². The Morgan fingerprint density at radius 3 is 2.30 bits per heavy atom. The number of para-hydroxylation sites is 1. The molecule has 0 bridgehead atoms. The highest BCUT2D eigenvalue weighted by Gasteiger charge is 2.23. The molecule has 0 aliphatic carbocycles. The van der Waals surface area contributed by atoms with Gasteiger partial charge < -0.3 is 5.11 Å². The minimum Gasteiger partial charge on any atom is -0.507 e. The van der Waals surface area contributed by atoms with Gasteiger partial charge in [0.2, 0.25) is 10.0 Å². The number of phenols is 1. The third-order valence-corrected chi connectivity index (χ3v) is 4.97. The summed E-state index contributed by atoms with van der Waals surface area (Å²) < 4.78 is 25.9. The van der Waals surface area contributed by atoms with Crippen LogP contribution >= 0.6 is 11.6 Å². The summed E-state index contributed by atoms with van der Waals surface area (Å²) in [6.07, 6.45) is 0. The molecule has 6 heteroatoms. The summed E-state index contributed by atoms with van der Waals surface area (Å²) >= 11 is 5.79. The molecule has 0 aromatic heterocycles. The predicted octanol–water partition coefficient (Wildman–Crippen LogP) is 2.87. The molecule has 0 spiro atoms. The fourth-order valence-corrected chi connectivity index (χ4v) is 3.14. The van der Waals surface area contributed by atoms with E-state index in [4.69, 9.17) is 11.6 Å². The molecule has 0 saturated carbocycles. The lowest BCUT2D eigenvalue weighted by molar-refractivity contribution is 0.440. The number of benzene rings is 2. The van der Waals surface area contributed by atoms with E-state index in [-0.39, 0.29) is 17.2 Å². The summed E-state index contributed by atoms with van der Waals surface area (Å²) in [6, 6.07) is 12.8. The van der Waals surface area contributed by atoms with Crippen LogP contribution < -0.4 is 0 Å². The second-order valence-corrected chi connectivity index (χ2v) is 6.81. The first-order valence-electron chi connectivity index (χ1n) is 5.90. The minimum absolute atomic E-state index is 0.100. The van der Waals surface area contributed by atoms with Gasteiger partial charge in [-0.2, -0.15) is 4.31 Å². The second kappa shape index (κ2) is 5.83. The van der Waals surface area contributed by atoms with Crippen LogP contribution in [0.3, 0.4) is 0 Å². The summed E-state index contributed by atoms with van der Waals surface area (Å²) in [5, 5.41) is 10.3. The number of hydrogen-bond donors (Lipinski definition) is 1. The Morgan fingerprint density at radius 1 is 1.10 bits per heavy atom. The van der Waals surface area contributed by atoms with E-state index in [0.717, 1.165) is 5.56 Å². The van der Waals surface area contributed by atoms with Gasteiger partial charge in [-0.15, -0.1) is 0 Å². The van der Waals surface area contributed by atoms with E-state index in [1.54, 1.807) is 36.4 Å². The van der Waals surface area contributed by atoms with Crippen LogP contribution in [0.1, 0.15) is 5.56 Å². The largest absolute Gasteiger partial charge is 0.507 e. The van der Waals surface area contributed by atoms with Crippen molar-refractivity contribution in [2.45, 2.75) is 11.4 Å². The van der Waals surface area contributed by atoms with E-state index >= 15 is 0 Å². The van der Waals surface area contributed by atoms with Crippen molar-refractivity contribution in [3.05, 3.63) is 59.1 Å². The molecule has 0 aliphatic rings. The molecule has 2 rings (SSSR count). The first-order chi connectivity index (χ1) is 9.41. The van der Waals surface area contributed by atoms with Gasteiger partial charge >= 0.3 is 0 Å². The van der Waals surface area contributed by atoms with E-state index < -0.39 is 10.0 Å². The second-order valence-electron chi connectivity index (χ2n) is 4.36. The van der Waals surface area contributed by atoms with Crippen LogP contribution in [-0.4, -0.2) is 24.9 Å². The van der Waals surface area contributed by atoms with Gasteiger partial charge in [-0.3, -0.25) is 0 Å². The van der Waals surface area contributed by atoms with Gasteiger partial charge in [0, 0.05) is 18.6 Å². The topological polar surface area (TPSA) is 57.6 Å². The van der Waals surface area contributed by atoms with Crippen LogP contribution in [0.2, 0.25) is 5.02 Å². The van der Waals surface area contributed by atoms with Crippen LogP contribution in [0.15, 0.2) is 53.4 Å². The third-order valence-electron chi connectivity index (χ3n) is 2.87. The maximum atomic E-state index is 12.4. The fourth-order valence-electron chi connectivity index (χ4n) is 1.78. The van der Waals surface area contributed by atoms with Gasteiger partial charge in [-0.1, -0.05) is 35.9 Å². The Bertz CT molecular complexity index is 699. The molecule has 1 N–H and O–H groups in total. The molecule has 106 valence electrons. The van der Waals surface area contributed by atoms with Gasteiger partial charge in [-0.25, -0.2) is 8.42 Å². The van der Waals surface area contributed by atoms with Gasteiger partial charge in [-0.05, 0) is 29.8 Å². The standard InChI is InChI=1S/C14H14ClNO3S/c1-16(10-11-6-8-12(15)9-7-11)20(18,19)14-5-3-2-4-13(14)17/h2-9,17H,10H2,1H3. The van der Waals surface area contributed by atoms with Gasteiger partial charge in [0.05, 0.1) is 0 Å². The molecule has 2 aromatic carbocycles. The van der Waals surface area contributed by atoms with Crippen molar-refractivity contribution >= 4 is 21.6 Å². The third kappa shape index (κ3) is 3.12. The zero-order valence-electron chi connectivity index (χ0n) is 10.8. The molecule has 0 radical (unpaired) electrons. The highest BCUT2D eigenvalue weighted by molar-refractivity contribution is 7.89. The van der Waals surface area contributed by atoms with Gasteiger partial charge in [0.15, 0.2) is 0 Å². The van der Waals surface area contributed by atoms with Crippen LogP contribution in [0.4, 0.5) is 0 Å². The molecular formula is C14H14ClNO3S. The zero-order chi connectivity index (χ0) is 14.8. The Kier molecular flexibility index (Phi) is 4.32. The number of halogens is 1. The Morgan fingerprint density at radius 2 is 1.70 bits per heavy atom. The molecule has 2 aromatic rings. The molecule has 0 unspecified atom stereocenters. The van der Waals surface area contributed by atoms with E-state index in [1.165, 1.54) is 23.5 Å². The predicted molar refractivity (Wildman–Crippen MR) is 78.2 cm³/mol. The van der Waals surface area contributed by atoms with Crippen molar-refractivity contribution in [1.82, 2.24) is 4.31 Å². The first kappa shape index (κ1) is 14.8. The number of aromatic hydroxyl groups is 1. The van der Waals surface area contributed by atoms with Crippen molar-refractivity contribution in [3.8, 4) is 5.75 Å². The van der Waals surface area contributed by atoms with Crippen molar-refractivity contribution in [2.24, 2.45) is 0 Å². The molecule has 20 heavy (non-hydrogen) atoms. The highest BCUT2D eigenvalue weighted by atomic mass is 35.5. The summed E-state index contributed by atoms with van der Waals surface area (Å²) in [5.74, 6) is -0.254. The molecular weight excluding hydrogens is 298 g/mol. The lowest BCUT2D eigenvalue weighted by atomic mass is 10.2. The SMILES string of the molecule is CN(Cc1ccc(Cl)cc1)S(=O)(=O)c1ccccc1O. The van der Waals surface area contributed by atoms with Crippen molar-refractivity contribution < 1.29 is 13.5 Å². The summed E-state index contributed by atoms with van der Waals surface area (Å²) in [4.78, 5) is -0.100. The molecule has 0 heterocycles. The highest BCUT2D eigenvalue weighted by Crippen LogP contribution is 2.25. The molecule has 0 aliphatic heterocycles. The Hall–Kier alpha value is -1.56. The van der Waals surface area contributed by atoms with E-state index in [2.05, 4.69) is 0 Å². The van der Waals surface area contributed by atoms with Crippen molar-refractivity contribution in [1.29, 1.82) is 0 Å². The fraction of sp³-hybridized carbons (Fsp3) is 0.143. The molecule has 0 atom stereocenters. The van der Waals surface area contributed by atoms with E-state index in [9.17, 15) is 13.5 Å². The van der Waals surface area contributed by atoms with E-state index in [0.29, 0.717) is 5.02 Å². The summed E-state index contributed by atoms with van der Waals surface area (Å²) in [5.41, 5.74) is 0.816. The maximum absolute atomic E-state index is 12.4. The normalized spacial score (nSPS) is 11.8. The quantitative estimate of drug-likeness (QED) is 0.944. The molecule has 0 amide bonds. The van der Waals surface area contributed by atoms with Crippen LogP contribution in [-0.2, 0) is 16.6 Å². The molecule has 0 saturated heterocycles. The summed E-state index contributed by atoms with van der Waals surface area (Å²) in [6.45, 7) is 0.202. The average Bonchev–Trinajstić information content (AvgIpc) is 2.41. The maximum Gasteiger partial charge on any atom is 0.246 e. The first-order valence-corrected chi connectivity index (χ1v) is 7.72. The van der Waals surface area contributed by atoms with Crippen molar-refractivity contribution in [2.75, 3.05) is 7.05 Å². The van der Waals surface area contributed by atoms with Crippen LogP contribution in [0.5, 0.6) is 5.75 Å². The number of phenolic OH excluding ortho intramolecular Hbond substituents is 1. The number of hydrogen-bond acceptors (Lipinski definition) is 3. The monoisotopic (exact) mass is 311 g/mol. The number of sulfonamides is 1. The Balaban J connectivity index is 2.26. The van der Waals surface area contributed by atoms with Gasteiger partial charge in [0.1, 0.15) is 10.6 Å². The lowest BCUT2D eigenvalue weighted by Crippen LogP contribution is -2.26. The lowest BCUT2D eigenvalue weighted by Gasteiger charge is -2.18. The van der Waals surface area contributed by atoms with Crippen LogP contribution in [0, 0.1) is 0 Å².